The minimum atomic E-state index is -0.806. The molecule has 1 aromatic rings. The van der Waals surface area contributed by atoms with Crippen molar-refractivity contribution >= 4 is 11.8 Å². The summed E-state index contributed by atoms with van der Waals surface area (Å²) < 4.78 is 19.4. The van der Waals surface area contributed by atoms with Crippen molar-refractivity contribution in [3.8, 4) is 5.75 Å². The number of hydrogen-bond donors (Lipinski definition) is 1. The number of methoxy groups -OCH3 is 1. The smallest absolute Gasteiger partial charge is 0.322 e. The lowest BCUT2D eigenvalue weighted by molar-refractivity contribution is -0.114. The Kier molecular flexibility index (Phi) is 3.90. The lowest BCUT2D eigenvalue weighted by atomic mass is 9.90. The number of allylic oxidation sites excluding steroid dienone is 1. The predicted octanol–water partition coefficient (Wildman–Crippen LogP) is 2.70. The van der Waals surface area contributed by atoms with Crippen LogP contribution in [-0.4, -0.2) is 30.4 Å². The molecule has 2 aliphatic heterocycles. The summed E-state index contributed by atoms with van der Waals surface area (Å²) in [5, 5.41) is 2.74. The molecule has 0 saturated heterocycles. The number of carbonyl (C=O) groups is 2. The van der Waals surface area contributed by atoms with Crippen LogP contribution < -0.4 is 10.1 Å². The Morgan fingerprint density at radius 3 is 2.87 bits per heavy atom. The average molecular weight is 316 g/mol. The van der Waals surface area contributed by atoms with Crippen LogP contribution >= 0.6 is 0 Å². The molecular weight excluding hydrogens is 299 g/mol. The Morgan fingerprint density at radius 2 is 2.22 bits per heavy atom. The van der Waals surface area contributed by atoms with Crippen LogP contribution in [0.2, 0.25) is 0 Å². The first-order chi connectivity index (χ1) is 11.0. The molecule has 0 bridgehead atoms. The number of urea groups is 1. The van der Waals surface area contributed by atoms with Gasteiger partial charge in [-0.15, -0.1) is 0 Å². The van der Waals surface area contributed by atoms with Gasteiger partial charge in [0.25, 0.3) is 0 Å². The van der Waals surface area contributed by atoms with E-state index in [2.05, 4.69) is 5.32 Å². The number of benzene rings is 1. The number of nitrogens with zero attached hydrogens (tertiary/aromatic N) is 1. The minimum Gasteiger partial charge on any atom is -0.497 e. The normalized spacial score (nSPS) is 20.2. The van der Waals surface area contributed by atoms with E-state index in [1.165, 1.54) is 31.1 Å². The van der Waals surface area contributed by atoms with Gasteiger partial charge in [-0.1, -0.05) is 6.08 Å². The van der Waals surface area contributed by atoms with Crippen LogP contribution in [0.5, 0.6) is 5.75 Å². The Balaban J connectivity index is 2.14. The van der Waals surface area contributed by atoms with Gasteiger partial charge in [-0.3, -0.25) is 9.69 Å². The van der Waals surface area contributed by atoms with E-state index in [0.29, 0.717) is 23.6 Å². The van der Waals surface area contributed by atoms with Crippen LogP contribution in [-0.2, 0) is 4.79 Å². The molecule has 1 unspecified atom stereocenters. The molecule has 23 heavy (non-hydrogen) atoms. The number of Topliss-reactive ketones (excluding diaryl/α,β-unsaturated/α-hetero) is 1. The van der Waals surface area contributed by atoms with E-state index in [1.54, 1.807) is 12.1 Å². The molecule has 6 heteroatoms. The van der Waals surface area contributed by atoms with Crippen molar-refractivity contribution < 1.29 is 18.7 Å². The van der Waals surface area contributed by atoms with Gasteiger partial charge in [0.05, 0.1) is 18.8 Å². The molecule has 0 fully saturated rings. The monoisotopic (exact) mass is 316 g/mol. The molecule has 3 rings (SSSR count). The number of ketones is 1. The molecule has 0 aromatic heterocycles. The van der Waals surface area contributed by atoms with Crippen LogP contribution in [0.3, 0.4) is 0 Å². The zero-order chi connectivity index (χ0) is 16.6. The first-order valence-electron chi connectivity index (χ1n) is 7.36. The van der Waals surface area contributed by atoms with E-state index in [1.807, 2.05) is 6.08 Å². The van der Waals surface area contributed by atoms with Gasteiger partial charge in [-0.05, 0) is 31.6 Å². The van der Waals surface area contributed by atoms with E-state index >= 15 is 0 Å². The second-order valence-corrected chi connectivity index (χ2v) is 5.47. The number of ether oxygens (including phenoxy) is 1. The van der Waals surface area contributed by atoms with Crippen molar-refractivity contribution in [1.29, 1.82) is 0 Å². The van der Waals surface area contributed by atoms with Gasteiger partial charge in [0, 0.05) is 23.7 Å². The second-order valence-electron chi connectivity index (χ2n) is 5.47. The van der Waals surface area contributed by atoms with Gasteiger partial charge in [0.15, 0.2) is 5.78 Å². The highest BCUT2D eigenvalue weighted by atomic mass is 19.1. The van der Waals surface area contributed by atoms with E-state index < -0.39 is 11.9 Å². The number of amides is 2. The number of fused-ring (bicyclic) bond motifs is 1. The molecule has 0 spiro atoms. The average Bonchev–Trinajstić information content (AvgIpc) is 2.54. The van der Waals surface area contributed by atoms with E-state index in [9.17, 15) is 14.0 Å². The van der Waals surface area contributed by atoms with Crippen molar-refractivity contribution in [3.05, 3.63) is 53.0 Å². The fourth-order valence-electron chi connectivity index (χ4n) is 2.96. The first-order valence-corrected chi connectivity index (χ1v) is 7.36. The molecule has 1 aromatic carbocycles. The van der Waals surface area contributed by atoms with Gasteiger partial charge in [0.1, 0.15) is 11.6 Å². The number of carbonyl (C=O) groups excluding carboxylic acids is 2. The molecule has 5 nitrogen and oxygen atoms in total. The van der Waals surface area contributed by atoms with Crippen LogP contribution in [0.25, 0.3) is 0 Å². The molecule has 2 amide bonds. The highest BCUT2D eigenvalue weighted by molar-refractivity contribution is 5.99. The van der Waals surface area contributed by atoms with E-state index in [0.717, 1.165) is 6.42 Å². The minimum absolute atomic E-state index is 0.197. The number of nitrogens with one attached hydrogen (secondary N) is 1. The van der Waals surface area contributed by atoms with Gasteiger partial charge >= 0.3 is 6.03 Å². The SMILES string of the molecule is COc1ccc(C2NC(=O)N3CCC=CC3=C2C(C)=O)c(F)c1. The maximum atomic E-state index is 14.4. The quantitative estimate of drug-likeness (QED) is 0.933. The molecular formula is C17H17FN2O3. The van der Waals surface area contributed by atoms with Crippen molar-refractivity contribution in [1.82, 2.24) is 10.2 Å². The third-order valence-electron chi connectivity index (χ3n) is 4.06. The molecule has 2 heterocycles. The predicted molar refractivity (Wildman–Crippen MR) is 82.4 cm³/mol. The summed E-state index contributed by atoms with van der Waals surface area (Å²) in [5.74, 6) is -0.344. The van der Waals surface area contributed by atoms with E-state index in [-0.39, 0.29) is 17.4 Å². The standard InChI is InChI=1S/C17H17FN2O3/c1-10(21)15-14-5-3-4-8-20(14)17(22)19-16(15)12-7-6-11(23-2)9-13(12)18/h3,5-7,9,16H,4,8H2,1-2H3,(H,19,22). The number of rotatable bonds is 3. The lowest BCUT2D eigenvalue weighted by Gasteiger charge is -2.37. The number of halogens is 1. The van der Waals surface area contributed by atoms with E-state index in [4.69, 9.17) is 4.74 Å². The fourth-order valence-corrected chi connectivity index (χ4v) is 2.96. The van der Waals surface area contributed by atoms with Crippen molar-refractivity contribution in [3.63, 3.8) is 0 Å². The largest absolute Gasteiger partial charge is 0.497 e. The van der Waals surface area contributed by atoms with Crippen molar-refractivity contribution in [2.24, 2.45) is 0 Å². The van der Waals surface area contributed by atoms with Gasteiger partial charge in [-0.25, -0.2) is 9.18 Å². The molecule has 120 valence electrons. The highest BCUT2D eigenvalue weighted by Gasteiger charge is 2.36. The summed E-state index contributed by atoms with van der Waals surface area (Å²) in [5.41, 5.74) is 1.19. The summed E-state index contributed by atoms with van der Waals surface area (Å²) in [7, 11) is 1.45. The molecule has 1 N–H and O–H groups in total. The summed E-state index contributed by atoms with van der Waals surface area (Å²) >= 11 is 0. The van der Waals surface area contributed by atoms with Crippen molar-refractivity contribution in [2.45, 2.75) is 19.4 Å². The molecule has 0 radical (unpaired) electrons. The first kappa shape index (κ1) is 15.3. The molecule has 0 saturated carbocycles. The Labute approximate surface area is 133 Å². The maximum absolute atomic E-state index is 14.4. The van der Waals surface area contributed by atoms with Gasteiger partial charge in [0.2, 0.25) is 0 Å². The summed E-state index contributed by atoms with van der Waals surface area (Å²) in [6.45, 7) is 1.93. The summed E-state index contributed by atoms with van der Waals surface area (Å²) in [6.07, 6.45) is 4.39. The summed E-state index contributed by atoms with van der Waals surface area (Å²) in [4.78, 5) is 26.0. The van der Waals surface area contributed by atoms with Crippen LogP contribution in [0.4, 0.5) is 9.18 Å². The third kappa shape index (κ3) is 2.60. The Bertz CT molecular complexity index is 739. The third-order valence-corrected chi connectivity index (χ3v) is 4.06. The number of hydrogen-bond acceptors (Lipinski definition) is 3. The molecule has 1 atom stereocenters. The zero-order valence-corrected chi connectivity index (χ0v) is 12.9. The second kappa shape index (κ2) is 5.87. The molecule has 0 aliphatic carbocycles. The Hall–Kier alpha value is -2.63. The topological polar surface area (TPSA) is 58.6 Å². The van der Waals surface area contributed by atoms with Gasteiger partial charge < -0.3 is 10.1 Å². The van der Waals surface area contributed by atoms with Crippen LogP contribution in [0, 0.1) is 5.82 Å². The summed E-state index contributed by atoms with van der Waals surface area (Å²) in [6, 6.07) is 3.25. The fraction of sp³-hybridized carbons (Fsp3) is 0.294. The molecule has 2 aliphatic rings. The van der Waals surface area contributed by atoms with Crippen LogP contribution in [0.15, 0.2) is 41.6 Å². The van der Waals surface area contributed by atoms with Crippen molar-refractivity contribution in [2.75, 3.05) is 13.7 Å². The van der Waals surface area contributed by atoms with Crippen LogP contribution in [0.1, 0.15) is 24.9 Å². The Morgan fingerprint density at radius 1 is 1.43 bits per heavy atom. The maximum Gasteiger partial charge on any atom is 0.322 e. The highest BCUT2D eigenvalue weighted by Crippen LogP contribution is 2.35. The zero-order valence-electron chi connectivity index (χ0n) is 12.9. The lowest BCUT2D eigenvalue weighted by Crippen LogP contribution is -2.49. The van der Waals surface area contributed by atoms with Gasteiger partial charge in [-0.2, -0.15) is 0 Å².